The summed E-state index contributed by atoms with van der Waals surface area (Å²) in [5.74, 6) is 0. The molecule has 0 spiro atoms. The van der Waals surface area contributed by atoms with Gasteiger partial charge >= 0.3 is 0 Å². The Labute approximate surface area is 159 Å². The van der Waals surface area contributed by atoms with E-state index in [1.807, 2.05) is 0 Å². The Kier molecular flexibility index (Phi) is 3.61. The highest BCUT2D eigenvalue weighted by Crippen LogP contribution is 2.34. The lowest BCUT2D eigenvalue weighted by molar-refractivity contribution is 1.46. The fourth-order valence-corrected chi connectivity index (χ4v) is 4.03. The molecule has 1 nitrogen and oxygen atoms in total. The third-order valence-corrected chi connectivity index (χ3v) is 5.51. The molecule has 0 radical (unpaired) electrons. The summed E-state index contributed by atoms with van der Waals surface area (Å²) >= 11 is 0. The molecular weight excluding hydrogens is 326 g/mol. The predicted molar refractivity (Wildman–Crippen MR) is 116 cm³/mol. The molecule has 0 fully saturated rings. The van der Waals surface area contributed by atoms with E-state index in [9.17, 15) is 0 Å². The summed E-state index contributed by atoms with van der Waals surface area (Å²) in [5.41, 5.74) is 10.1. The van der Waals surface area contributed by atoms with Gasteiger partial charge in [0.05, 0.1) is 0 Å². The van der Waals surface area contributed by atoms with Crippen molar-refractivity contribution in [3.8, 4) is 22.3 Å². The van der Waals surface area contributed by atoms with Gasteiger partial charge in [0, 0.05) is 21.8 Å². The highest BCUT2D eigenvalue weighted by atomic mass is 14.7. The van der Waals surface area contributed by atoms with Gasteiger partial charge in [0.1, 0.15) is 0 Å². The van der Waals surface area contributed by atoms with Crippen LogP contribution in [0.5, 0.6) is 0 Å². The minimum atomic E-state index is 1.18. The highest BCUT2D eigenvalue weighted by molar-refractivity contribution is 6.09. The Morgan fingerprint density at radius 2 is 0.963 bits per heavy atom. The topological polar surface area (TPSA) is 15.8 Å². The van der Waals surface area contributed by atoms with E-state index in [1.165, 1.54) is 55.2 Å². The number of aromatic nitrogens is 1. The van der Waals surface area contributed by atoms with Crippen LogP contribution in [0.2, 0.25) is 0 Å². The first-order valence-electron chi connectivity index (χ1n) is 9.38. The van der Waals surface area contributed by atoms with E-state index in [2.05, 4.69) is 104 Å². The Morgan fingerprint density at radius 1 is 0.519 bits per heavy atom. The quantitative estimate of drug-likeness (QED) is 0.345. The van der Waals surface area contributed by atoms with Crippen LogP contribution in [-0.2, 0) is 0 Å². The molecule has 1 aromatic heterocycles. The van der Waals surface area contributed by atoms with Crippen LogP contribution in [0.3, 0.4) is 0 Å². The molecule has 27 heavy (non-hydrogen) atoms. The zero-order valence-corrected chi connectivity index (χ0v) is 15.6. The first-order chi connectivity index (χ1) is 13.2. The summed E-state index contributed by atoms with van der Waals surface area (Å²) in [4.78, 5) is 3.56. The van der Waals surface area contributed by atoms with Gasteiger partial charge in [0.15, 0.2) is 0 Å². The molecule has 5 aromatic rings. The molecule has 0 aliphatic carbocycles. The average Bonchev–Trinajstić information content (AvgIpc) is 3.06. The molecule has 0 saturated carbocycles. The zero-order chi connectivity index (χ0) is 18.4. The van der Waals surface area contributed by atoms with Crippen molar-refractivity contribution in [2.45, 2.75) is 13.8 Å². The standard InChI is InChI=1S/C26H21N/c1-17-7-3-5-9-21(17)19-11-13-25-23(15-19)24-16-20(12-14-26(24)27-25)22-10-6-4-8-18(22)2/h3-16,27H,1-2H3. The lowest BCUT2D eigenvalue weighted by Crippen LogP contribution is -1.83. The number of H-pyrrole nitrogens is 1. The number of aromatic amines is 1. The Balaban J connectivity index is 1.74. The lowest BCUT2D eigenvalue weighted by atomic mass is 9.97. The largest absolute Gasteiger partial charge is 0.355 e. The summed E-state index contributed by atoms with van der Waals surface area (Å²) in [5, 5.41) is 2.56. The minimum absolute atomic E-state index is 1.18. The van der Waals surface area contributed by atoms with E-state index in [0.29, 0.717) is 0 Å². The minimum Gasteiger partial charge on any atom is -0.355 e. The molecule has 0 unspecified atom stereocenters. The summed E-state index contributed by atoms with van der Waals surface area (Å²) < 4.78 is 0. The number of fused-ring (bicyclic) bond motifs is 3. The second-order valence-electron chi connectivity index (χ2n) is 7.28. The van der Waals surface area contributed by atoms with Crippen LogP contribution in [0.1, 0.15) is 11.1 Å². The number of aryl methyl sites for hydroxylation is 2. The van der Waals surface area contributed by atoms with Crippen LogP contribution in [0.4, 0.5) is 0 Å². The maximum atomic E-state index is 3.56. The Morgan fingerprint density at radius 3 is 1.41 bits per heavy atom. The van der Waals surface area contributed by atoms with Crippen molar-refractivity contribution < 1.29 is 0 Å². The molecule has 0 atom stereocenters. The van der Waals surface area contributed by atoms with Crippen molar-refractivity contribution in [2.75, 3.05) is 0 Å². The van der Waals surface area contributed by atoms with Gasteiger partial charge in [-0.25, -0.2) is 0 Å². The molecule has 130 valence electrons. The molecule has 1 N–H and O–H groups in total. The zero-order valence-electron chi connectivity index (χ0n) is 15.6. The van der Waals surface area contributed by atoms with E-state index >= 15 is 0 Å². The number of nitrogens with one attached hydrogen (secondary N) is 1. The van der Waals surface area contributed by atoms with Gasteiger partial charge < -0.3 is 4.98 Å². The van der Waals surface area contributed by atoms with Gasteiger partial charge in [0.25, 0.3) is 0 Å². The van der Waals surface area contributed by atoms with Crippen LogP contribution < -0.4 is 0 Å². The van der Waals surface area contributed by atoms with Gasteiger partial charge in [-0.3, -0.25) is 0 Å². The van der Waals surface area contributed by atoms with E-state index in [4.69, 9.17) is 0 Å². The van der Waals surface area contributed by atoms with Gasteiger partial charge in [0.2, 0.25) is 0 Å². The lowest BCUT2D eigenvalue weighted by Gasteiger charge is -2.07. The molecule has 1 heterocycles. The van der Waals surface area contributed by atoms with Crippen molar-refractivity contribution in [1.29, 1.82) is 0 Å². The fraction of sp³-hybridized carbons (Fsp3) is 0.0769. The molecule has 0 saturated heterocycles. The summed E-state index contributed by atoms with van der Waals surface area (Å²) in [6, 6.07) is 30.6. The SMILES string of the molecule is Cc1ccccc1-c1ccc2[nH]c3ccc(-c4ccccc4C)cc3c2c1. The summed E-state index contributed by atoms with van der Waals surface area (Å²) in [6.07, 6.45) is 0. The second-order valence-corrected chi connectivity index (χ2v) is 7.28. The maximum Gasteiger partial charge on any atom is 0.0465 e. The van der Waals surface area contributed by atoms with Gasteiger partial charge in [-0.1, -0.05) is 60.7 Å². The van der Waals surface area contributed by atoms with Crippen LogP contribution in [0, 0.1) is 13.8 Å². The van der Waals surface area contributed by atoms with Crippen molar-refractivity contribution in [1.82, 2.24) is 4.98 Å². The summed E-state index contributed by atoms with van der Waals surface area (Å²) in [6.45, 7) is 4.34. The number of hydrogen-bond acceptors (Lipinski definition) is 0. The van der Waals surface area contributed by atoms with E-state index in [-0.39, 0.29) is 0 Å². The first-order valence-corrected chi connectivity index (χ1v) is 9.38. The molecule has 0 bridgehead atoms. The molecular formula is C26H21N. The van der Waals surface area contributed by atoms with Crippen molar-refractivity contribution >= 4 is 21.8 Å². The average molecular weight is 347 g/mol. The van der Waals surface area contributed by atoms with Crippen LogP contribution in [0.25, 0.3) is 44.1 Å². The number of hydrogen-bond donors (Lipinski definition) is 1. The predicted octanol–water partition coefficient (Wildman–Crippen LogP) is 7.27. The highest BCUT2D eigenvalue weighted by Gasteiger charge is 2.09. The van der Waals surface area contributed by atoms with Crippen LogP contribution >= 0.6 is 0 Å². The van der Waals surface area contributed by atoms with Crippen molar-refractivity contribution in [3.05, 3.63) is 96.1 Å². The molecule has 5 rings (SSSR count). The molecule has 0 aliphatic heterocycles. The number of rotatable bonds is 2. The van der Waals surface area contributed by atoms with Gasteiger partial charge in [-0.15, -0.1) is 0 Å². The van der Waals surface area contributed by atoms with Crippen molar-refractivity contribution in [3.63, 3.8) is 0 Å². The normalized spacial score (nSPS) is 11.3. The van der Waals surface area contributed by atoms with Crippen molar-refractivity contribution in [2.24, 2.45) is 0 Å². The third kappa shape index (κ3) is 2.63. The molecule has 0 aliphatic rings. The maximum absolute atomic E-state index is 3.56. The molecule has 1 heteroatoms. The van der Waals surface area contributed by atoms with Crippen LogP contribution in [-0.4, -0.2) is 4.98 Å². The molecule has 0 amide bonds. The Bertz CT molecular complexity index is 1190. The van der Waals surface area contributed by atoms with Gasteiger partial charge in [-0.05, 0) is 71.5 Å². The van der Waals surface area contributed by atoms with Gasteiger partial charge in [-0.2, -0.15) is 0 Å². The van der Waals surface area contributed by atoms with E-state index in [1.54, 1.807) is 0 Å². The number of benzene rings is 4. The summed E-state index contributed by atoms with van der Waals surface area (Å²) in [7, 11) is 0. The molecule has 4 aromatic carbocycles. The Hall–Kier alpha value is -3.32. The van der Waals surface area contributed by atoms with E-state index < -0.39 is 0 Å². The third-order valence-electron chi connectivity index (χ3n) is 5.51. The smallest absolute Gasteiger partial charge is 0.0465 e. The monoisotopic (exact) mass is 347 g/mol. The van der Waals surface area contributed by atoms with Crippen LogP contribution in [0.15, 0.2) is 84.9 Å². The van der Waals surface area contributed by atoms with E-state index in [0.717, 1.165) is 0 Å². The second kappa shape index (κ2) is 6.14. The fourth-order valence-electron chi connectivity index (χ4n) is 4.03. The first kappa shape index (κ1) is 15.9.